The zero-order chi connectivity index (χ0) is 18.5. The highest BCUT2D eigenvalue weighted by Crippen LogP contribution is 2.17. The molecule has 1 saturated heterocycles. The second kappa shape index (κ2) is 8.11. The number of piperazine rings is 1. The van der Waals surface area contributed by atoms with Crippen LogP contribution in [0.15, 0.2) is 41.7 Å². The molecule has 0 radical (unpaired) electrons. The summed E-state index contributed by atoms with van der Waals surface area (Å²) < 4.78 is 39.6. The second-order valence-electron chi connectivity index (χ2n) is 5.88. The lowest BCUT2D eigenvalue weighted by Crippen LogP contribution is -2.52. The first-order chi connectivity index (χ1) is 12.6. The van der Waals surface area contributed by atoms with E-state index in [1.807, 2.05) is 0 Å². The number of guanidine groups is 1. The largest absolute Gasteiger partial charge is 0.368 e. The molecule has 1 N–H and O–H groups in total. The van der Waals surface area contributed by atoms with Crippen molar-refractivity contribution in [2.45, 2.75) is 13.1 Å². The summed E-state index contributed by atoms with van der Waals surface area (Å²) in [6, 6.07) is 6.44. The van der Waals surface area contributed by atoms with Gasteiger partial charge >= 0.3 is 6.55 Å². The molecule has 1 aromatic carbocycles. The Kier molecular flexibility index (Phi) is 5.65. The van der Waals surface area contributed by atoms with Crippen molar-refractivity contribution in [3.63, 3.8) is 0 Å². The van der Waals surface area contributed by atoms with Gasteiger partial charge in [0.2, 0.25) is 0 Å². The van der Waals surface area contributed by atoms with Gasteiger partial charge in [0.25, 0.3) is 0 Å². The van der Waals surface area contributed by atoms with Gasteiger partial charge in [-0.2, -0.15) is 8.78 Å². The summed E-state index contributed by atoms with van der Waals surface area (Å²) in [7, 11) is 1.66. The Balaban J connectivity index is 1.55. The van der Waals surface area contributed by atoms with Gasteiger partial charge in [-0.1, -0.05) is 0 Å². The SMILES string of the molecule is CN=C(NCc1nccn1C(F)F)N1CCN(c2ccc(F)cc2)CC1. The molecule has 1 aliphatic rings. The number of alkyl halides is 2. The van der Waals surface area contributed by atoms with E-state index in [2.05, 4.69) is 25.1 Å². The van der Waals surface area contributed by atoms with Gasteiger partial charge in [0.1, 0.15) is 11.6 Å². The van der Waals surface area contributed by atoms with Gasteiger partial charge in [-0.05, 0) is 24.3 Å². The summed E-state index contributed by atoms with van der Waals surface area (Å²) in [6.45, 7) is 0.523. The monoisotopic (exact) mass is 366 g/mol. The predicted octanol–water partition coefficient (Wildman–Crippen LogP) is 2.31. The van der Waals surface area contributed by atoms with Crippen molar-refractivity contribution in [2.75, 3.05) is 38.1 Å². The Morgan fingerprint density at radius 3 is 2.50 bits per heavy atom. The number of hydrogen-bond donors (Lipinski definition) is 1. The van der Waals surface area contributed by atoms with E-state index in [1.54, 1.807) is 19.2 Å². The molecule has 1 fully saturated rings. The van der Waals surface area contributed by atoms with Gasteiger partial charge in [-0.15, -0.1) is 0 Å². The number of nitrogens with zero attached hydrogens (tertiary/aromatic N) is 5. The average Bonchev–Trinajstić information content (AvgIpc) is 3.12. The summed E-state index contributed by atoms with van der Waals surface area (Å²) in [5.41, 5.74) is 0.980. The van der Waals surface area contributed by atoms with Gasteiger partial charge in [0, 0.05) is 51.3 Å². The molecular formula is C17H21F3N6. The first-order valence-electron chi connectivity index (χ1n) is 8.34. The third-order valence-electron chi connectivity index (χ3n) is 4.35. The molecule has 0 bridgehead atoms. The van der Waals surface area contributed by atoms with E-state index >= 15 is 0 Å². The third kappa shape index (κ3) is 4.09. The van der Waals surface area contributed by atoms with Crippen molar-refractivity contribution in [1.82, 2.24) is 19.8 Å². The lowest BCUT2D eigenvalue weighted by Gasteiger charge is -2.37. The fourth-order valence-corrected chi connectivity index (χ4v) is 2.98. The molecule has 9 heteroatoms. The van der Waals surface area contributed by atoms with Crippen LogP contribution >= 0.6 is 0 Å². The maximum Gasteiger partial charge on any atom is 0.319 e. The van der Waals surface area contributed by atoms with Crippen molar-refractivity contribution in [2.24, 2.45) is 4.99 Å². The highest BCUT2D eigenvalue weighted by Gasteiger charge is 2.20. The summed E-state index contributed by atoms with van der Waals surface area (Å²) >= 11 is 0. The van der Waals surface area contributed by atoms with Crippen LogP contribution in [0.4, 0.5) is 18.9 Å². The van der Waals surface area contributed by atoms with Crippen LogP contribution in [0.1, 0.15) is 12.4 Å². The summed E-state index contributed by atoms with van der Waals surface area (Å²) in [5, 5.41) is 3.09. The minimum Gasteiger partial charge on any atom is -0.368 e. The number of hydrogen-bond acceptors (Lipinski definition) is 3. The molecule has 0 atom stereocenters. The van der Waals surface area contributed by atoms with E-state index in [0.717, 1.165) is 36.4 Å². The van der Waals surface area contributed by atoms with Crippen LogP contribution < -0.4 is 10.2 Å². The van der Waals surface area contributed by atoms with E-state index in [0.29, 0.717) is 5.96 Å². The number of aromatic nitrogens is 2. The van der Waals surface area contributed by atoms with Crippen LogP contribution in [0.3, 0.4) is 0 Å². The summed E-state index contributed by atoms with van der Waals surface area (Å²) in [4.78, 5) is 12.4. The van der Waals surface area contributed by atoms with Crippen LogP contribution in [0, 0.1) is 5.82 Å². The quantitative estimate of drug-likeness (QED) is 0.667. The fourth-order valence-electron chi connectivity index (χ4n) is 2.98. The van der Waals surface area contributed by atoms with Crippen molar-refractivity contribution < 1.29 is 13.2 Å². The first kappa shape index (κ1) is 18.1. The van der Waals surface area contributed by atoms with E-state index < -0.39 is 6.55 Å². The molecule has 0 spiro atoms. The van der Waals surface area contributed by atoms with E-state index in [1.165, 1.54) is 24.5 Å². The van der Waals surface area contributed by atoms with Gasteiger partial charge in [0.15, 0.2) is 5.96 Å². The van der Waals surface area contributed by atoms with E-state index in [9.17, 15) is 13.2 Å². The molecule has 1 aliphatic heterocycles. The fraction of sp³-hybridized carbons (Fsp3) is 0.412. The predicted molar refractivity (Wildman–Crippen MR) is 93.9 cm³/mol. The molecule has 0 saturated carbocycles. The molecule has 0 aliphatic carbocycles. The molecule has 0 unspecified atom stereocenters. The van der Waals surface area contributed by atoms with Crippen molar-refractivity contribution in [3.8, 4) is 0 Å². The Hall–Kier alpha value is -2.71. The standard InChI is InChI=1S/C17H21F3N6/c1-21-17(23-12-15-22-6-7-26(15)16(19)20)25-10-8-24(9-11-25)14-4-2-13(18)3-5-14/h2-7,16H,8-12H2,1H3,(H,21,23). The Bertz CT molecular complexity index is 735. The molecule has 26 heavy (non-hydrogen) atoms. The van der Waals surface area contributed by atoms with Gasteiger partial charge in [-0.3, -0.25) is 9.56 Å². The Morgan fingerprint density at radius 2 is 1.88 bits per heavy atom. The van der Waals surface area contributed by atoms with Gasteiger partial charge in [0.05, 0.1) is 6.54 Å². The molecule has 2 heterocycles. The zero-order valence-electron chi connectivity index (χ0n) is 14.4. The van der Waals surface area contributed by atoms with Crippen molar-refractivity contribution in [1.29, 1.82) is 0 Å². The number of halogens is 3. The molecular weight excluding hydrogens is 345 g/mol. The molecule has 1 aromatic heterocycles. The molecule has 0 amide bonds. The number of aliphatic imine (C=N–C) groups is 1. The molecule has 140 valence electrons. The van der Waals surface area contributed by atoms with E-state index in [4.69, 9.17) is 0 Å². The minimum atomic E-state index is -2.62. The lowest BCUT2D eigenvalue weighted by molar-refractivity contribution is 0.0668. The number of nitrogens with one attached hydrogen (secondary N) is 1. The summed E-state index contributed by atoms with van der Waals surface area (Å²) in [6.07, 6.45) is 2.61. The lowest BCUT2D eigenvalue weighted by atomic mass is 10.2. The van der Waals surface area contributed by atoms with Crippen LogP contribution in [-0.4, -0.2) is 53.6 Å². The maximum atomic E-state index is 13.0. The van der Waals surface area contributed by atoms with Crippen LogP contribution in [0.5, 0.6) is 0 Å². The van der Waals surface area contributed by atoms with Crippen LogP contribution in [0.2, 0.25) is 0 Å². The normalized spacial score (nSPS) is 15.7. The topological polar surface area (TPSA) is 48.7 Å². The Labute approximate surface area is 150 Å². The maximum absolute atomic E-state index is 13.0. The second-order valence-corrected chi connectivity index (χ2v) is 5.88. The minimum absolute atomic E-state index is 0.169. The number of rotatable bonds is 4. The summed E-state index contributed by atoms with van der Waals surface area (Å²) in [5.74, 6) is 0.651. The first-order valence-corrected chi connectivity index (χ1v) is 8.34. The number of benzene rings is 1. The number of imidazole rings is 1. The zero-order valence-corrected chi connectivity index (χ0v) is 14.4. The molecule has 2 aromatic rings. The van der Waals surface area contributed by atoms with Crippen LogP contribution in [0.25, 0.3) is 0 Å². The van der Waals surface area contributed by atoms with Gasteiger partial charge < -0.3 is 15.1 Å². The molecule has 6 nitrogen and oxygen atoms in total. The molecule has 3 rings (SSSR count). The number of anilines is 1. The highest BCUT2D eigenvalue weighted by molar-refractivity contribution is 5.80. The van der Waals surface area contributed by atoms with Crippen LogP contribution in [-0.2, 0) is 6.54 Å². The van der Waals surface area contributed by atoms with Gasteiger partial charge in [-0.25, -0.2) is 9.37 Å². The highest BCUT2D eigenvalue weighted by atomic mass is 19.3. The Morgan fingerprint density at radius 1 is 1.19 bits per heavy atom. The van der Waals surface area contributed by atoms with E-state index in [-0.39, 0.29) is 18.2 Å². The smallest absolute Gasteiger partial charge is 0.319 e. The average molecular weight is 366 g/mol. The third-order valence-corrected chi connectivity index (χ3v) is 4.35. The van der Waals surface area contributed by atoms with Crippen molar-refractivity contribution >= 4 is 11.6 Å². The van der Waals surface area contributed by atoms with Crippen molar-refractivity contribution in [3.05, 3.63) is 48.3 Å².